The van der Waals surface area contributed by atoms with Gasteiger partial charge in [-0.25, -0.2) is 8.42 Å². The highest BCUT2D eigenvalue weighted by Crippen LogP contribution is 2.25. The number of carbonyl (C=O) groups is 1. The first-order valence-electron chi connectivity index (χ1n) is 11.0. The van der Waals surface area contributed by atoms with Crippen LogP contribution in [0.2, 0.25) is 0 Å². The van der Waals surface area contributed by atoms with Crippen LogP contribution in [0.5, 0.6) is 5.75 Å². The van der Waals surface area contributed by atoms with Crippen molar-refractivity contribution < 1.29 is 17.9 Å². The second-order valence-corrected chi connectivity index (χ2v) is 10.6. The lowest BCUT2D eigenvalue weighted by Crippen LogP contribution is -2.39. The van der Waals surface area contributed by atoms with Gasteiger partial charge in [0.2, 0.25) is 15.9 Å². The molecule has 0 unspecified atom stereocenters. The summed E-state index contributed by atoms with van der Waals surface area (Å²) in [5, 5.41) is 2.90. The van der Waals surface area contributed by atoms with Crippen molar-refractivity contribution in [1.29, 1.82) is 0 Å². The molecule has 1 saturated heterocycles. The lowest BCUT2D eigenvalue weighted by atomic mass is 9.99. The number of ether oxygens (including phenoxy) is 1. The quantitative estimate of drug-likeness (QED) is 0.654. The van der Waals surface area contributed by atoms with Crippen molar-refractivity contribution in [3.8, 4) is 5.75 Å². The zero-order chi connectivity index (χ0) is 23.3. The summed E-state index contributed by atoms with van der Waals surface area (Å²) in [6.45, 7) is 6.06. The molecule has 32 heavy (non-hydrogen) atoms. The third-order valence-electron chi connectivity index (χ3n) is 5.93. The summed E-state index contributed by atoms with van der Waals surface area (Å²) in [5.74, 6) is 0.915. The summed E-state index contributed by atoms with van der Waals surface area (Å²) in [6, 6.07) is 14.1. The number of carbonyl (C=O) groups excluding carboxylic acids is 1. The molecular weight excluding hydrogens is 426 g/mol. The predicted molar refractivity (Wildman–Crippen MR) is 126 cm³/mol. The van der Waals surface area contributed by atoms with Crippen molar-refractivity contribution in [3.05, 3.63) is 54.1 Å². The van der Waals surface area contributed by atoms with E-state index < -0.39 is 10.0 Å². The molecule has 0 radical (unpaired) electrons. The van der Waals surface area contributed by atoms with Gasteiger partial charge in [0.15, 0.2) is 0 Å². The van der Waals surface area contributed by atoms with Crippen LogP contribution in [0.15, 0.2) is 53.4 Å². The first-order chi connectivity index (χ1) is 15.2. The van der Waals surface area contributed by atoms with Crippen LogP contribution in [0.1, 0.15) is 38.3 Å². The average molecular weight is 460 g/mol. The van der Waals surface area contributed by atoms with E-state index in [1.807, 2.05) is 19.1 Å². The minimum atomic E-state index is -3.77. The van der Waals surface area contributed by atoms with Crippen LogP contribution < -0.4 is 15.0 Å². The van der Waals surface area contributed by atoms with Crippen LogP contribution in [-0.4, -0.2) is 52.4 Å². The van der Waals surface area contributed by atoms with E-state index in [1.54, 1.807) is 12.1 Å². The number of amides is 1. The molecule has 174 valence electrons. The van der Waals surface area contributed by atoms with Gasteiger partial charge in [-0.05, 0) is 67.6 Å². The summed E-state index contributed by atoms with van der Waals surface area (Å²) in [4.78, 5) is 15.0. The fraction of sp³-hybridized carbons (Fsp3) is 0.458. The van der Waals surface area contributed by atoms with Gasteiger partial charge < -0.3 is 15.0 Å². The molecule has 0 bridgehead atoms. The highest BCUT2D eigenvalue weighted by Gasteiger charge is 2.24. The minimum absolute atomic E-state index is 0.115. The van der Waals surface area contributed by atoms with E-state index in [2.05, 4.69) is 29.3 Å². The second-order valence-electron chi connectivity index (χ2n) is 8.51. The van der Waals surface area contributed by atoms with Gasteiger partial charge in [-0.2, -0.15) is 4.31 Å². The number of nitrogens with zero attached hydrogens (tertiary/aromatic N) is 2. The van der Waals surface area contributed by atoms with E-state index in [9.17, 15) is 13.2 Å². The topological polar surface area (TPSA) is 79.0 Å². The van der Waals surface area contributed by atoms with Crippen LogP contribution in [0.4, 0.5) is 5.69 Å². The van der Waals surface area contributed by atoms with Crippen LogP contribution in [0.25, 0.3) is 0 Å². The van der Waals surface area contributed by atoms with Crippen LogP contribution >= 0.6 is 0 Å². The van der Waals surface area contributed by atoms with E-state index in [0.717, 1.165) is 23.0 Å². The van der Waals surface area contributed by atoms with Gasteiger partial charge >= 0.3 is 0 Å². The molecule has 1 heterocycles. The van der Waals surface area contributed by atoms with E-state index in [4.69, 9.17) is 4.74 Å². The molecule has 1 amide bonds. The zero-order valence-electron chi connectivity index (χ0n) is 19.2. The third-order valence-corrected chi connectivity index (χ3v) is 7.74. The number of anilines is 1. The normalized spacial score (nSPS) is 17.8. The van der Waals surface area contributed by atoms with Crippen molar-refractivity contribution in [1.82, 2.24) is 9.62 Å². The first-order valence-corrected chi connectivity index (χ1v) is 12.4. The number of sulfonamides is 1. The fourth-order valence-electron chi connectivity index (χ4n) is 3.98. The fourth-order valence-corrected chi connectivity index (χ4v) is 5.11. The number of hydrogen-bond acceptors (Lipinski definition) is 5. The van der Waals surface area contributed by atoms with Gasteiger partial charge in [0.25, 0.3) is 0 Å². The molecule has 2 aromatic carbocycles. The summed E-state index contributed by atoms with van der Waals surface area (Å²) < 4.78 is 31.6. The smallest absolute Gasteiger partial charge is 0.243 e. The van der Waals surface area contributed by atoms with Crippen molar-refractivity contribution in [3.63, 3.8) is 0 Å². The van der Waals surface area contributed by atoms with Gasteiger partial charge in [0.05, 0.1) is 24.6 Å². The number of hydrogen-bond donors (Lipinski definition) is 1. The number of piperidine rings is 1. The number of rotatable bonds is 8. The highest BCUT2D eigenvalue weighted by atomic mass is 32.2. The van der Waals surface area contributed by atoms with Gasteiger partial charge in [-0.1, -0.05) is 19.1 Å². The third kappa shape index (κ3) is 5.81. The van der Waals surface area contributed by atoms with Crippen molar-refractivity contribution in [2.24, 2.45) is 5.92 Å². The Kier molecular flexibility index (Phi) is 7.79. The highest BCUT2D eigenvalue weighted by molar-refractivity contribution is 7.89. The summed E-state index contributed by atoms with van der Waals surface area (Å²) in [6.07, 6.45) is 2.49. The molecule has 8 heteroatoms. The molecule has 1 aliphatic rings. The van der Waals surface area contributed by atoms with Gasteiger partial charge in [0, 0.05) is 25.8 Å². The predicted octanol–water partition coefficient (Wildman–Crippen LogP) is 3.43. The van der Waals surface area contributed by atoms with Gasteiger partial charge in [-0.3, -0.25) is 4.79 Å². The molecule has 1 aliphatic heterocycles. The second kappa shape index (κ2) is 10.4. The Morgan fingerprint density at radius 3 is 2.44 bits per heavy atom. The first kappa shape index (κ1) is 24.1. The van der Waals surface area contributed by atoms with Gasteiger partial charge in [-0.15, -0.1) is 0 Å². The largest absolute Gasteiger partial charge is 0.497 e. The number of benzene rings is 2. The maximum absolute atomic E-state index is 12.7. The summed E-state index contributed by atoms with van der Waals surface area (Å²) in [5.41, 5.74) is 2.18. The molecule has 1 N–H and O–H groups in total. The van der Waals surface area contributed by atoms with E-state index in [0.29, 0.717) is 11.7 Å². The molecule has 0 saturated carbocycles. The van der Waals surface area contributed by atoms with E-state index in [1.165, 1.54) is 44.8 Å². The lowest BCUT2D eigenvalue weighted by Gasteiger charge is -2.33. The summed E-state index contributed by atoms with van der Waals surface area (Å²) in [7, 11) is -0.853. The standard InChI is InChI=1S/C24H33N3O4S/c1-18-6-5-15-27(16-18)21-9-7-20(8-10-21)19(2)25-24(28)17-26(3)32(29,30)23-13-11-22(31-4)12-14-23/h7-14,18-19H,5-6,15-17H2,1-4H3,(H,25,28)/t18-,19-/m0/s1. The molecule has 2 aromatic rings. The summed E-state index contributed by atoms with van der Waals surface area (Å²) >= 11 is 0. The Morgan fingerprint density at radius 1 is 1.19 bits per heavy atom. The van der Waals surface area contributed by atoms with Crippen molar-refractivity contribution in [2.75, 3.05) is 38.7 Å². The average Bonchev–Trinajstić information content (AvgIpc) is 2.79. The Hall–Kier alpha value is -2.58. The van der Waals surface area contributed by atoms with Gasteiger partial charge in [0.1, 0.15) is 5.75 Å². The number of likely N-dealkylation sites (N-methyl/N-ethyl adjacent to an activating group) is 1. The number of methoxy groups -OCH3 is 1. The van der Waals surface area contributed by atoms with Crippen molar-refractivity contribution in [2.45, 2.75) is 37.6 Å². The Balaban J connectivity index is 1.57. The zero-order valence-corrected chi connectivity index (χ0v) is 20.1. The maximum Gasteiger partial charge on any atom is 0.243 e. The maximum atomic E-state index is 12.7. The molecule has 2 atom stereocenters. The minimum Gasteiger partial charge on any atom is -0.497 e. The monoisotopic (exact) mass is 459 g/mol. The van der Waals surface area contributed by atoms with Crippen LogP contribution in [0.3, 0.4) is 0 Å². The molecule has 7 nitrogen and oxygen atoms in total. The van der Waals surface area contributed by atoms with E-state index >= 15 is 0 Å². The molecular formula is C24H33N3O4S. The molecule has 0 aromatic heterocycles. The molecule has 1 fully saturated rings. The molecule has 3 rings (SSSR count). The van der Waals surface area contributed by atoms with Crippen LogP contribution in [0, 0.1) is 5.92 Å². The molecule has 0 spiro atoms. The van der Waals surface area contributed by atoms with E-state index in [-0.39, 0.29) is 23.4 Å². The van der Waals surface area contributed by atoms with Crippen molar-refractivity contribution >= 4 is 21.6 Å². The van der Waals surface area contributed by atoms with Crippen LogP contribution in [-0.2, 0) is 14.8 Å². The Labute approximate surface area is 191 Å². The molecule has 0 aliphatic carbocycles. The number of nitrogens with one attached hydrogen (secondary N) is 1. The lowest BCUT2D eigenvalue weighted by molar-refractivity contribution is -0.121. The Morgan fingerprint density at radius 2 is 1.84 bits per heavy atom. The Bertz CT molecular complexity index is 1010. The SMILES string of the molecule is COc1ccc(S(=O)(=O)N(C)CC(=O)N[C@@H](C)c2ccc(N3CCC[C@H](C)C3)cc2)cc1.